The number of non-ortho nitro benzene ring substituents is 1. The van der Waals surface area contributed by atoms with Crippen LogP contribution in [0.2, 0.25) is 0 Å². The second-order valence-electron chi connectivity index (χ2n) is 10.7. The van der Waals surface area contributed by atoms with Gasteiger partial charge in [0.15, 0.2) is 0 Å². The summed E-state index contributed by atoms with van der Waals surface area (Å²) in [5, 5.41) is 11.0. The molecule has 40 heavy (non-hydrogen) atoms. The molecule has 0 radical (unpaired) electrons. The SMILES string of the molecule is CC(C)CN(CC1CN(Cc2ccc([N+](=O)[O-])cc2)CC1c1cccc(C(F)(F)F)c1)C(=O)c1ccc(F)cc1. The summed E-state index contributed by atoms with van der Waals surface area (Å²) in [6.07, 6.45) is -4.48. The van der Waals surface area contributed by atoms with Crippen LogP contribution in [0.15, 0.2) is 72.8 Å². The van der Waals surface area contributed by atoms with Gasteiger partial charge >= 0.3 is 6.18 Å². The van der Waals surface area contributed by atoms with Crippen molar-refractivity contribution in [3.63, 3.8) is 0 Å². The van der Waals surface area contributed by atoms with Crippen LogP contribution in [0.3, 0.4) is 0 Å². The summed E-state index contributed by atoms with van der Waals surface area (Å²) in [4.78, 5) is 27.8. The van der Waals surface area contributed by atoms with Gasteiger partial charge in [-0.05, 0) is 53.3 Å². The second-order valence-corrected chi connectivity index (χ2v) is 10.7. The normalized spacial score (nSPS) is 17.8. The lowest BCUT2D eigenvalue weighted by Gasteiger charge is -2.30. The van der Waals surface area contributed by atoms with Gasteiger partial charge in [-0.2, -0.15) is 13.2 Å². The first kappa shape index (κ1) is 29.2. The van der Waals surface area contributed by atoms with Crippen LogP contribution >= 0.6 is 0 Å². The summed E-state index contributed by atoms with van der Waals surface area (Å²) in [5.41, 5.74) is 0.992. The highest BCUT2D eigenvalue weighted by molar-refractivity contribution is 5.94. The van der Waals surface area contributed by atoms with Crippen LogP contribution in [0.1, 0.15) is 46.8 Å². The Morgan fingerprint density at radius 1 is 1.05 bits per heavy atom. The van der Waals surface area contributed by atoms with Gasteiger partial charge < -0.3 is 4.90 Å². The van der Waals surface area contributed by atoms with Crippen molar-refractivity contribution >= 4 is 11.6 Å². The Bertz CT molecular complexity index is 1330. The van der Waals surface area contributed by atoms with Crippen LogP contribution in [0.4, 0.5) is 23.2 Å². The van der Waals surface area contributed by atoms with Crippen molar-refractivity contribution in [1.82, 2.24) is 9.80 Å². The minimum atomic E-state index is -4.48. The van der Waals surface area contributed by atoms with Crippen LogP contribution in [0.25, 0.3) is 0 Å². The maximum absolute atomic E-state index is 13.5. The van der Waals surface area contributed by atoms with Crippen LogP contribution in [0.5, 0.6) is 0 Å². The zero-order valence-corrected chi connectivity index (χ0v) is 22.3. The van der Waals surface area contributed by atoms with Crippen molar-refractivity contribution in [2.75, 3.05) is 26.2 Å². The summed E-state index contributed by atoms with van der Waals surface area (Å²) in [6.45, 7) is 6.14. The van der Waals surface area contributed by atoms with Gasteiger partial charge in [0, 0.05) is 56.3 Å². The predicted molar refractivity (Wildman–Crippen MR) is 143 cm³/mol. The lowest BCUT2D eigenvalue weighted by Crippen LogP contribution is -2.39. The Hall–Kier alpha value is -3.79. The van der Waals surface area contributed by atoms with Crippen molar-refractivity contribution < 1.29 is 27.3 Å². The highest BCUT2D eigenvalue weighted by Crippen LogP contribution is 2.37. The summed E-state index contributed by atoms with van der Waals surface area (Å²) in [5.74, 6) is -1.03. The van der Waals surface area contributed by atoms with E-state index in [1.807, 2.05) is 13.8 Å². The minimum Gasteiger partial charge on any atom is -0.338 e. The number of nitro benzene ring substituents is 1. The molecule has 1 heterocycles. The van der Waals surface area contributed by atoms with Crippen LogP contribution in [-0.2, 0) is 12.7 Å². The van der Waals surface area contributed by atoms with Gasteiger partial charge in [-0.25, -0.2) is 4.39 Å². The molecule has 0 aromatic heterocycles. The number of nitro groups is 1. The number of halogens is 4. The predicted octanol–water partition coefficient (Wildman–Crippen LogP) is 6.77. The van der Waals surface area contributed by atoms with Crippen molar-refractivity contribution in [2.45, 2.75) is 32.5 Å². The second kappa shape index (κ2) is 12.2. The number of amides is 1. The fourth-order valence-corrected chi connectivity index (χ4v) is 5.32. The molecule has 3 aromatic carbocycles. The first-order valence-corrected chi connectivity index (χ1v) is 13.1. The third kappa shape index (κ3) is 7.24. The fourth-order valence-electron chi connectivity index (χ4n) is 5.32. The van der Waals surface area contributed by atoms with Gasteiger partial charge in [-0.3, -0.25) is 19.8 Å². The highest BCUT2D eigenvalue weighted by Gasteiger charge is 2.38. The van der Waals surface area contributed by atoms with E-state index in [0.29, 0.717) is 43.9 Å². The lowest BCUT2D eigenvalue weighted by molar-refractivity contribution is -0.384. The van der Waals surface area contributed by atoms with E-state index in [4.69, 9.17) is 0 Å². The molecular weight excluding hydrogens is 526 g/mol. The standard InChI is InChI=1S/C30H31F4N3O3/c1-20(2)15-36(29(38)22-8-10-26(31)11-9-22)18-24-17-35(16-21-6-12-27(13-7-21)37(39)40)19-28(24)23-4-3-5-25(14-23)30(32,33)34/h3-14,20,24,28H,15-19H2,1-2H3. The van der Waals surface area contributed by atoms with Gasteiger partial charge in [0.25, 0.3) is 11.6 Å². The Morgan fingerprint density at radius 3 is 2.33 bits per heavy atom. The molecule has 1 aliphatic heterocycles. The highest BCUT2D eigenvalue weighted by atomic mass is 19.4. The van der Waals surface area contributed by atoms with Crippen molar-refractivity contribution in [1.29, 1.82) is 0 Å². The van der Waals surface area contributed by atoms with E-state index < -0.39 is 22.5 Å². The van der Waals surface area contributed by atoms with Gasteiger partial charge in [-0.15, -0.1) is 0 Å². The first-order chi connectivity index (χ1) is 18.9. The van der Waals surface area contributed by atoms with Crippen molar-refractivity contribution in [2.24, 2.45) is 11.8 Å². The summed E-state index contributed by atoms with van der Waals surface area (Å²) < 4.78 is 54.1. The number of rotatable bonds is 9. The van der Waals surface area contributed by atoms with Gasteiger partial charge in [-0.1, -0.05) is 44.2 Å². The number of carbonyl (C=O) groups excluding carboxylic acids is 1. The molecule has 0 spiro atoms. The number of benzene rings is 3. The quantitative estimate of drug-likeness (QED) is 0.166. The third-order valence-corrected chi connectivity index (χ3v) is 7.13. The summed E-state index contributed by atoms with van der Waals surface area (Å²) in [6, 6.07) is 16.9. The molecule has 0 saturated carbocycles. The number of carbonyl (C=O) groups is 1. The zero-order chi connectivity index (χ0) is 29.0. The molecule has 0 aliphatic carbocycles. The number of nitrogens with zero attached hydrogens (tertiary/aromatic N) is 3. The smallest absolute Gasteiger partial charge is 0.338 e. The van der Waals surface area contributed by atoms with Gasteiger partial charge in [0.05, 0.1) is 10.5 Å². The molecule has 0 bridgehead atoms. The number of hydrogen-bond donors (Lipinski definition) is 0. The molecule has 6 nitrogen and oxygen atoms in total. The van der Waals surface area contributed by atoms with E-state index in [1.165, 1.54) is 48.5 Å². The molecule has 3 aromatic rings. The largest absolute Gasteiger partial charge is 0.416 e. The summed E-state index contributed by atoms with van der Waals surface area (Å²) in [7, 11) is 0. The Balaban J connectivity index is 1.62. The van der Waals surface area contributed by atoms with Gasteiger partial charge in [0.1, 0.15) is 5.82 Å². The van der Waals surface area contributed by atoms with Crippen LogP contribution in [0, 0.1) is 27.8 Å². The van der Waals surface area contributed by atoms with Crippen LogP contribution < -0.4 is 0 Å². The molecular formula is C30H31F4N3O3. The minimum absolute atomic E-state index is 0.0199. The number of hydrogen-bond acceptors (Lipinski definition) is 4. The molecule has 1 fully saturated rings. The molecule has 1 amide bonds. The van der Waals surface area contributed by atoms with Crippen molar-refractivity contribution in [3.05, 3.63) is 111 Å². The maximum atomic E-state index is 13.5. The van der Waals surface area contributed by atoms with Gasteiger partial charge in [0.2, 0.25) is 0 Å². The Morgan fingerprint density at radius 2 is 1.73 bits per heavy atom. The topological polar surface area (TPSA) is 66.7 Å². The molecule has 4 rings (SSSR count). The van der Waals surface area contributed by atoms with Crippen LogP contribution in [-0.4, -0.2) is 46.8 Å². The van der Waals surface area contributed by atoms with E-state index in [9.17, 15) is 32.5 Å². The monoisotopic (exact) mass is 557 g/mol. The molecule has 2 atom stereocenters. The number of alkyl halides is 3. The van der Waals surface area contributed by atoms with Crippen molar-refractivity contribution in [3.8, 4) is 0 Å². The number of likely N-dealkylation sites (tertiary alicyclic amines) is 1. The van der Waals surface area contributed by atoms with E-state index in [0.717, 1.165) is 11.6 Å². The Kier molecular flexibility index (Phi) is 8.88. The average Bonchev–Trinajstić information content (AvgIpc) is 3.30. The first-order valence-electron chi connectivity index (χ1n) is 13.1. The summed E-state index contributed by atoms with van der Waals surface area (Å²) >= 11 is 0. The Labute approximate surface area is 230 Å². The molecule has 212 valence electrons. The van der Waals surface area contributed by atoms with E-state index in [-0.39, 0.29) is 29.3 Å². The van der Waals surface area contributed by atoms with E-state index in [1.54, 1.807) is 23.1 Å². The molecule has 1 aliphatic rings. The fraction of sp³-hybridized carbons (Fsp3) is 0.367. The van der Waals surface area contributed by atoms with E-state index in [2.05, 4.69) is 4.90 Å². The molecule has 1 saturated heterocycles. The lowest BCUT2D eigenvalue weighted by atomic mass is 9.87. The zero-order valence-electron chi connectivity index (χ0n) is 22.3. The third-order valence-electron chi connectivity index (χ3n) is 7.13. The van der Waals surface area contributed by atoms with E-state index >= 15 is 0 Å². The maximum Gasteiger partial charge on any atom is 0.416 e. The molecule has 0 N–H and O–H groups in total. The molecule has 2 unspecified atom stereocenters. The molecule has 10 heteroatoms. The average molecular weight is 558 g/mol.